The molecule has 0 bridgehead atoms. The molecule has 166 valence electrons. The molecule has 3 heterocycles. The summed E-state index contributed by atoms with van der Waals surface area (Å²) >= 11 is 0. The van der Waals surface area contributed by atoms with Gasteiger partial charge in [-0.2, -0.15) is 0 Å². The maximum Gasteiger partial charge on any atom is 0.281 e. The Balaban J connectivity index is 1.31. The van der Waals surface area contributed by atoms with E-state index in [0.29, 0.717) is 29.4 Å². The topological polar surface area (TPSA) is 73.0 Å². The predicted octanol–water partition coefficient (Wildman–Crippen LogP) is 2.39. The van der Waals surface area contributed by atoms with Crippen molar-refractivity contribution in [3.8, 4) is 0 Å². The molecular formula is C24H32N4O3. The maximum atomic E-state index is 12.9. The van der Waals surface area contributed by atoms with Crippen LogP contribution in [0.4, 0.5) is 5.69 Å². The Morgan fingerprint density at radius 3 is 2.39 bits per heavy atom. The molecule has 3 amide bonds. The zero-order valence-corrected chi connectivity index (χ0v) is 18.3. The number of likely N-dealkylation sites (tertiary alicyclic amines) is 2. The van der Waals surface area contributed by atoms with Crippen molar-refractivity contribution < 1.29 is 14.4 Å². The van der Waals surface area contributed by atoms with Crippen LogP contribution >= 0.6 is 0 Å². The highest BCUT2D eigenvalue weighted by Crippen LogP contribution is 2.27. The van der Waals surface area contributed by atoms with Crippen molar-refractivity contribution in [3.63, 3.8) is 0 Å². The lowest BCUT2D eigenvalue weighted by atomic mass is 9.99. The number of piperidine rings is 1. The third-order valence-corrected chi connectivity index (χ3v) is 6.55. The van der Waals surface area contributed by atoms with Crippen molar-refractivity contribution in [2.24, 2.45) is 5.92 Å². The lowest BCUT2D eigenvalue weighted by Gasteiger charge is -2.32. The molecule has 1 aromatic carbocycles. The van der Waals surface area contributed by atoms with Crippen LogP contribution in [0.1, 0.15) is 49.4 Å². The first kappa shape index (κ1) is 21.6. The highest BCUT2D eigenvalue weighted by atomic mass is 16.2. The monoisotopic (exact) mass is 424 g/mol. The van der Waals surface area contributed by atoms with Gasteiger partial charge in [0.25, 0.3) is 17.7 Å². The summed E-state index contributed by atoms with van der Waals surface area (Å²) in [6.07, 6.45) is 6.98. The van der Waals surface area contributed by atoms with Crippen LogP contribution in [0.15, 0.2) is 36.0 Å². The number of amides is 3. The average molecular weight is 425 g/mol. The van der Waals surface area contributed by atoms with Gasteiger partial charge in [-0.3, -0.25) is 14.4 Å². The summed E-state index contributed by atoms with van der Waals surface area (Å²) in [7, 11) is 0. The van der Waals surface area contributed by atoms with Crippen LogP contribution in [0, 0.1) is 5.92 Å². The number of nitrogens with zero attached hydrogens (tertiary/aromatic N) is 3. The number of hydrogen-bond acceptors (Lipinski definition) is 5. The third-order valence-electron chi connectivity index (χ3n) is 6.55. The summed E-state index contributed by atoms with van der Waals surface area (Å²) in [4.78, 5) is 43.5. The van der Waals surface area contributed by atoms with Crippen LogP contribution in [0.5, 0.6) is 0 Å². The van der Waals surface area contributed by atoms with Crippen molar-refractivity contribution in [2.75, 3.05) is 44.2 Å². The van der Waals surface area contributed by atoms with Gasteiger partial charge in [0.1, 0.15) is 5.70 Å². The fourth-order valence-corrected chi connectivity index (χ4v) is 4.55. The van der Waals surface area contributed by atoms with Crippen molar-refractivity contribution in [1.82, 2.24) is 15.1 Å². The van der Waals surface area contributed by atoms with E-state index in [-0.39, 0.29) is 17.7 Å². The fourth-order valence-electron chi connectivity index (χ4n) is 4.55. The zero-order chi connectivity index (χ0) is 21.8. The molecule has 0 spiro atoms. The summed E-state index contributed by atoms with van der Waals surface area (Å²) in [6.45, 7) is 7.80. The molecule has 0 aliphatic carbocycles. The minimum atomic E-state index is -0.322. The summed E-state index contributed by atoms with van der Waals surface area (Å²) in [5, 5.41) is 2.95. The SMILES string of the molecule is CC1CCN(C2=CC(=O)N(c3ccc(C(=O)NCCCN4CCCC4)cc3)C2=O)CC1. The van der Waals surface area contributed by atoms with Crippen LogP contribution in [0.2, 0.25) is 0 Å². The predicted molar refractivity (Wildman–Crippen MR) is 120 cm³/mol. The van der Waals surface area contributed by atoms with E-state index in [4.69, 9.17) is 0 Å². The van der Waals surface area contributed by atoms with E-state index >= 15 is 0 Å². The van der Waals surface area contributed by atoms with Gasteiger partial charge in [0.2, 0.25) is 0 Å². The Morgan fingerprint density at radius 2 is 1.71 bits per heavy atom. The molecule has 31 heavy (non-hydrogen) atoms. The molecule has 3 aliphatic heterocycles. The van der Waals surface area contributed by atoms with Crippen LogP contribution in [0.3, 0.4) is 0 Å². The number of carbonyl (C=O) groups excluding carboxylic acids is 3. The molecule has 0 atom stereocenters. The van der Waals surface area contributed by atoms with Gasteiger partial charge < -0.3 is 15.1 Å². The average Bonchev–Trinajstić information content (AvgIpc) is 3.39. The van der Waals surface area contributed by atoms with E-state index in [1.165, 1.54) is 23.8 Å². The summed E-state index contributed by atoms with van der Waals surface area (Å²) in [6, 6.07) is 6.69. The Labute approximate surface area is 184 Å². The van der Waals surface area contributed by atoms with E-state index in [1.807, 2.05) is 4.90 Å². The minimum absolute atomic E-state index is 0.131. The third kappa shape index (κ3) is 4.98. The van der Waals surface area contributed by atoms with Crippen molar-refractivity contribution in [1.29, 1.82) is 0 Å². The number of anilines is 1. The van der Waals surface area contributed by atoms with Crippen LogP contribution in [-0.4, -0.2) is 66.8 Å². The number of hydrogen-bond donors (Lipinski definition) is 1. The summed E-state index contributed by atoms with van der Waals surface area (Å²) in [5.74, 6) is -0.0798. The highest BCUT2D eigenvalue weighted by Gasteiger charge is 2.36. The van der Waals surface area contributed by atoms with Gasteiger partial charge in [0, 0.05) is 31.3 Å². The van der Waals surface area contributed by atoms with Gasteiger partial charge in [-0.05, 0) is 81.9 Å². The van der Waals surface area contributed by atoms with Crippen molar-refractivity contribution in [2.45, 2.75) is 39.0 Å². The number of imide groups is 1. The second-order valence-corrected chi connectivity index (χ2v) is 8.88. The quantitative estimate of drug-likeness (QED) is 0.538. The second-order valence-electron chi connectivity index (χ2n) is 8.88. The number of carbonyl (C=O) groups is 3. The number of nitrogens with one attached hydrogen (secondary N) is 1. The molecule has 3 aliphatic rings. The fraction of sp³-hybridized carbons (Fsp3) is 0.542. The van der Waals surface area contributed by atoms with Crippen LogP contribution in [0.25, 0.3) is 0 Å². The number of benzene rings is 1. The Kier molecular flexibility index (Phi) is 6.70. The number of rotatable bonds is 7. The van der Waals surface area contributed by atoms with Gasteiger partial charge in [-0.25, -0.2) is 4.90 Å². The van der Waals surface area contributed by atoms with Crippen molar-refractivity contribution in [3.05, 3.63) is 41.6 Å². The Hall–Kier alpha value is -2.67. The Bertz CT molecular complexity index is 850. The van der Waals surface area contributed by atoms with E-state index in [9.17, 15) is 14.4 Å². The molecular weight excluding hydrogens is 392 g/mol. The van der Waals surface area contributed by atoms with Crippen LogP contribution < -0.4 is 10.2 Å². The van der Waals surface area contributed by atoms with Gasteiger partial charge in [0.05, 0.1) is 5.69 Å². The molecule has 2 saturated heterocycles. The molecule has 7 nitrogen and oxygen atoms in total. The standard InChI is InChI=1S/C24H32N4O3/c1-18-9-15-27(16-10-18)21-17-22(29)28(24(21)31)20-7-5-19(6-8-20)23(30)25-11-4-14-26-12-2-3-13-26/h5-8,17-18H,2-4,9-16H2,1H3,(H,25,30). The zero-order valence-electron chi connectivity index (χ0n) is 18.3. The molecule has 0 radical (unpaired) electrons. The van der Waals surface area contributed by atoms with Crippen LogP contribution in [-0.2, 0) is 9.59 Å². The molecule has 1 aromatic rings. The minimum Gasteiger partial charge on any atom is -0.367 e. The van der Waals surface area contributed by atoms with E-state index in [2.05, 4.69) is 17.1 Å². The van der Waals surface area contributed by atoms with E-state index in [0.717, 1.165) is 52.0 Å². The lowest BCUT2D eigenvalue weighted by Crippen LogP contribution is -2.38. The van der Waals surface area contributed by atoms with E-state index in [1.54, 1.807) is 24.3 Å². The first-order valence-electron chi connectivity index (χ1n) is 11.5. The van der Waals surface area contributed by atoms with Gasteiger partial charge in [-0.15, -0.1) is 0 Å². The van der Waals surface area contributed by atoms with E-state index < -0.39 is 0 Å². The molecule has 0 saturated carbocycles. The Morgan fingerprint density at radius 1 is 1.03 bits per heavy atom. The summed E-state index contributed by atoms with van der Waals surface area (Å²) in [5.41, 5.74) is 1.51. The molecule has 1 N–H and O–H groups in total. The molecule has 4 rings (SSSR count). The molecule has 7 heteroatoms. The normalized spacial score (nSPS) is 20.5. The molecule has 0 aromatic heterocycles. The first-order valence-corrected chi connectivity index (χ1v) is 11.5. The van der Waals surface area contributed by atoms with Gasteiger partial charge in [-0.1, -0.05) is 6.92 Å². The first-order chi connectivity index (χ1) is 15.0. The largest absolute Gasteiger partial charge is 0.367 e. The second kappa shape index (κ2) is 9.64. The van der Waals surface area contributed by atoms with Gasteiger partial charge in [0.15, 0.2) is 0 Å². The molecule has 0 unspecified atom stereocenters. The smallest absolute Gasteiger partial charge is 0.281 e. The lowest BCUT2D eigenvalue weighted by molar-refractivity contribution is -0.121. The highest BCUT2D eigenvalue weighted by molar-refractivity contribution is 6.30. The molecule has 2 fully saturated rings. The maximum absolute atomic E-state index is 12.9. The summed E-state index contributed by atoms with van der Waals surface area (Å²) < 4.78 is 0. The van der Waals surface area contributed by atoms with Gasteiger partial charge >= 0.3 is 0 Å². The van der Waals surface area contributed by atoms with Crippen molar-refractivity contribution >= 4 is 23.4 Å².